The summed E-state index contributed by atoms with van der Waals surface area (Å²) in [5.74, 6) is 0. The predicted molar refractivity (Wildman–Crippen MR) is 35.8 cm³/mol. The van der Waals surface area contributed by atoms with Gasteiger partial charge in [-0.05, 0) is 28.7 Å². The van der Waals surface area contributed by atoms with E-state index in [9.17, 15) is 0 Å². The van der Waals surface area contributed by atoms with E-state index in [1.807, 2.05) is 6.07 Å². The van der Waals surface area contributed by atoms with Crippen molar-refractivity contribution in [3.05, 3.63) is 28.1 Å². The van der Waals surface area contributed by atoms with E-state index >= 15 is 0 Å². The number of aromatic nitrogens is 1. The first-order valence-electron chi connectivity index (χ1n) is 1.86. The number of hydrogen-bond acceptors (Lipinski definition) is 1. The quantitative estimate of drug-likeness (QED) is 0.583. The monoisotopic (exact) mass is 204 g/mol. The van der Waals surface area contributed by atoms with Gasteiger partial charge in [-0.2, -0.15) is 0 Å². The Labute approximate surface area is 55.9 Å². The van der Waals surface area contributed by atoms with E-state index < -0.39 is 0 Å². The zero-order valence-electron chi connectivity index (χ0n) is 3.56. The highest BCUT2D eigenvalue weighted by Crippen LogP contribution is 1.96. The minimum absolute atomic E-state index is 1.13. The van der Waals surface area contributed by atoms with Crippen molar-refractivity contribution in [3.8, 4) is 0 Å². The van der Waals surface area contributed by atoms with E-state index in [0.717, 1.165) is 3.57 Å². The van der Waals surface area contributed by atoms with Crippen molar-refractivity contribution in [1.29, 1.82) is 0 Å². The third kappa shape index (κ3) is 1.43. The Morgan fingerprint density at radius 1 is 1.71 bits per heavy atom. The molecule has 0 aromatic carbocycles. The number of rotatable bonds is 0. The van der Waals surface area contributed by atoms with E-state index in [1.165, 1.54) is 0 Å². The highest BCUT2D eigenvalue weighted by molar-refractivity contribution is 14.1. The van der Waals surface area contributed by atoms with Crippen molar-refractivity contribution < 1.29 is 0 Å². The lowest BCUT2D eigenvalue weighted by Gasteiger charge is -1.79. The van der Waals surface area contributed by atoms with E-state index in [2.05, 4.69) is 33.6 Å². The van der Waals surface area contributed by atoms with E-state index in [1.54, 1.807) is 12.4 Å². The molecule has 0 aliphatic carbocycles. The average Bonchev–Trinajstić information content (AvgIpc) is 1.69. The Balaban J connectivity index is 3.02. The molecule has 0 atom stereocenters. The van der Waals surface area contributed by atoms with Gasteiger partial charge in [0.05, 0.1) is 0 Å². The molecule has 1 heterocycles. The van der Waals surface area contributed by atoms with Crippen molar-refractivity contribution in [2.45, 2.75) is 0 Å². The summed E-state index contributed by atoms with van der Waals surface area (Å²) in [7, 11) is 0. The van der Waals surface area contributed by atoms with Crippen LogP contribution in [-0.2, 0) is 0 Å². The fourth-order valence-electron chi connectivity index (χ4n) is 0.306. The molecule has 1 nitrogen and oxygen atoms in total. The molecule has 2 heteroatoms. The Morgan fingerprint density at radius 3 is 2.86 bits per heavy atom. The van der Waals surface area contributed by atoms with Crippen LogP contribution >= 0.6 is 22.6 Å². The Hall–Kier alpha value is -0.120. The molecule has 0 saturated carbocycles. The second-order valence-corrected chi connectivity index (χ2v) is 2.35. The average molecular weight is 204 g/mol. The maximum Gasteiger partial charge on any atom is 0.0401 e. The van der Waals surface area contributed by atoms with Gasteiger partial charge in [-0.25, -0.2) is 0 Å². The second kappa shape index (κ2) is 2.26. The van der Waals surface area contributed by atoms with Gasteiger partial charge in [0.15, 0.2) is 0 Å². The summed E-state index contributed by atoms with van der Waals surface area (Å²) in [6.45, 7) is 0. The summed E-state index contributed by atoms with van der Waals surface area (Å²) >= 11 is 2.19. The molecule has 0 saturated heterocycles. The van der Waals surface area contributed by atoms with E-state index in [0.29, 0.717) is 0 Å². The molecule has 7 heavy (non-hydrogen) atoms. The van der Waals surface area contributed by atoms with Gasteiger partial charge in [0.25, 0.3) is 0 Å². The van der Waals surface area contributed by atoms with Crippen molar-refractivity contribution in [3.63, 3.8) is 0 Å². The molecule has 0 unspecified atom stereocenters. The van der Waals surface area contributed by atoms with Gasteiger partial charge in [-0.1, -0.05) is 0 Å². The lowest BCUT2D eigenvalue weighted by molar-refractivity contribution is 1.30. The first kappa shape index (κ1) is 5.03. The maximum absolute atomic E-state index is 3.82. The summed E-state index contributed by atoms with van der Waals surface area (Å²) in [6, 6.07) is 4.72. The standard InChI is InChI=1S/C5H3IN/c6-5-2-1-3-7-4-5/h2-4H. The third-order valence-electron chi connectivity index (χ3n) is 0.568. The maximum atomic E-state index is 3.82. The first-order chi connectivity index (χ1) is 3.39. The zero-order valence-corrected chi connectivity index (χ0v) is 5.71. The lowest BCUT2D eigenvalue weighted by Crippen LogP contribution is -1.69. The van der Waals surface area contributed by atoms with E-state index in [4.69, 9.17) is 0 Å². The highest BCUT2D eigenvalue weighted by atomic mass is 127. The topological polar surface area (TPSA) is 12.9 Å². The van der Waals surface area contributed by atoms with Crippen LogP contribution in [-0.4, -0.2) is 4.98 Å². The summed E-state index contributed by atoms with van der Waals surface area (Å²) in [4.78, 5) is 3.82. The van der Waals surface area contributed by atoms with Crippen LogP contribution in [0.3, 0.4) is 0 Å². The molecule has 0 aliphatic heterocycles. The molecule has 0 aliphatic rings. The predicted octanol–water partition coefficient (Wildman–Crippen LogP) is 1.49. The molecule has 1 radical (unpaired) electrons. The van der Waals surface area contributed by atoms with Crippen LogP contribution < -0.4 is 0 Å². The van der Waals surface area contributed by atoms with Crippen LogP contribution in [0.1, 0.15) is 0 Å². The van der Waals surface area contributed by atoms with Crippen LogP contribution in [0.2, 0.25) is 0 Å². The number of nitrogens with zero attached hydrogens (tertiary/aromatic N) is 1. The lowest BCUT2D eigenvalue weighted by atomic mass is 10.5. The normalized spacial score (nSPS) is 8.71. The van der Waals surface area contributed by atoms with Crippen LogP contribution in [0.4, 0.5) is 0 Å². The van der Waals surface area contributed by atoms with Crippen molar-refractivity contribution in [2.75, 3.05) is 0 Å². The highest BCUT2D eigenvalue weighted by Gasteiger charge is 1.76. The molecule has 1 aromatic rings. The zero-order chi connectivity index (χ0) is 5.11. The molecular weight excluding hydrogens is 201 g/mol. The molecule has 0 N–H and O–H groups in total. The number of pyridine rings is 1. The molecule has 1 aromatic heterocycles. The van der Waals surface area contributed by atoms with Gasteiger partial charge in [-0.15, -0.1) is 0 Å². The summed E-state index contributed by atoms with van der Waals surface area (Å²) in [5.41, 5.74) is 0. The van der Waals surface area contributed by atoms with Gasteiger partial charge in [0.1, 0.15) is 0 Å². The van der Waals surface area contributed by atoms with Crippen LogP contribution in [0.5, 0.6) is 0 Å². The number of halogens is 1. The fraction of sp³-hybridized carbons (Fsp3) is 0. The SMILES string of the molecule is Ic1c[c]cnc1. The molecular formula is C5H3IN. The van der Waals surface area contributed by atoms with E-state index in [-0.39, 0.29) is 0 Å². The minimum Gasteiger partial charge on any atom is -0.263 e. The largest absolute Gasteiger partial charge is 0.263 e. The summed E-state index contributed by atoms with van der Waals surface area (Å²) in [6.07, 6.45) is 3.43. The summed E-state index contributed by atoms with van der Waals surface area (Å²) in [5, 5.41) is 0. The molecule has 0 fully saturated rings. The summed E-state index contributed by atoms with van der Waals surface area (Å²) < 4.78 is 1.13. The molecule has 0 spiro atoms. The smallest absolute Gasteiger partial charge is 0.0401 e. The van der Waals surface area contributed by atoms with Gasteiger partial charge in [0.2, 0.25) is 0 Å². The molecule has 0 amide bonds. The van der Waals surface area contributed by atoms with Crippen molar-refractivity contribution in [2.24, 2.45) is 0 Å². The number of hydrogen-bond donors (Lipinski definition) is 0. The third-order valence-corrected chi connectivity index (χ3v) is 1.16. The fourth-order valence-corrected chi connectivity index (χ4v) is 0.646. The Morgan fingerprint density at radius 2 is 2.57 bits per heavy atom. The van der Waals surface area contributed by atoms with Crippen LogP contribution in [0.25, 0.3) is 0 Å². The van der Waals surface area contributed by atoms with Gasteiger partial charge >= 0.3 is 0 Å². The van der Waals surface area contributed by atoms with Gasteiger partial charge in [0, 0.05) is 22.0 Å². The molecule has 35 valence electrons. The Kier molecular flexibility index (Phi) is 1.62. The van der Waals surface area contributed by atoms with Crippen molar-refractivity contribution in [1.82, 2.24) is 4.98 Å². The van der Waals surface area contributed by atoms with Crippen LogP contribution in [0, 0.1) is 9.64 Å². The van der Waals surface area contributed by atoms with Crippen LogP contribution in [0.15, 0.2) is 18.5 Å². The second-order valence-electron chi connectivity index (χ2n) is 1.10. The molecule has 0 bridgehead atoms. The minimum atomic E-state index is 1.13. The Bertz CT molecular complexity index is 138. The van der Waals surface area contributed by atoms with Crippen molar-refractivity contribution >= 4 is 22.6 Å². The van der Waals surface area contributed by atoms with Gasteiger partial charge in [-0.3, -0.25) is 4.98 Å². The first-order valence-corrected chi connectivity index (χ1v) is 2.94. The molecule has 1 rings (SSSR count). The van der Waals surface area contributed by atoms with Gasteiger partial charge < -0.3 is 0 Å².